The molecule has 0 spiro atoms. The molecule has 0 aromatic carbocycles. The van der Waals surface area contributed by atoms with E-state index < -0.39 is 0 Å². The molecule has 0 radical (unpaired) electrons. The largest absolute Gasteiger partial charge is 0.473 e. The predicted molar refractivity (Wildman–Crippen MR) is 75.9 cm³/mol. The molecule has 0 bridgehead atoms. The number of rotatable bonds is 4. The number of hydrogen-bond acceptors (Lipinski definition) is 4. The van der Waals surface area contributed by atoms with Crippen LogP contribution >= 0.6 is 15.9 Å². The molecule has 1 fully saturated rings. The molecule has 100 valence electrons. The molecule has 1 heterocycles. The molecule has 4 nitrogen and oxygen atoms in total. The Balaban J connectivity index is 2.05. The van der Waals surface area contributed by atoms with Crippen LogP contribution in [0, 0.1) is 5.92 Å². The molecule has 2 unspecified atom stereocenters. The van der Waals surface area contributed by atoms with Crippen molar-refractivity contribution in [1.29, 1.82) is 0 Å². The fraction of sp³-hybridized carbons (Fsp3) is 0.692. The molecule has 0 aliphatic heterocycles. The highest BCUT2D eigenvalue weighted by Gasteiger charge is 2.21. The zero-order chi connectivity index (χ0) is 13.0. The van der Waals surface area contributed by atoms with Gasteiger partial charge in [-0.2, -0.15) is 4.98 Å². The van der Waals surface area contributed by atoms with Crippen molar-refractivity contribution < 1.29 is 4.74 Å². The van der Waals surface area contributed by atoms with Gasteiger partial charge in [-0.25, -0.2) is 4.98 Å². The maximum atomic E-state index is 6.01. The third-order valence-corrected chi connectivity index (χ3v) is 3.76. The standard InChI is InChI=1S/C13H20BrN3O/c1-3-15-13-16-8-11(14)12(17-13)18-10-6-4-5-9(2)7-10/h8-10H,3-7H2,1-2H3,(H,15,16,17). The smallest absolute Gasteiger partial charge is 0.233 e. The van der Waals surface area contributed by atoms with E-state index in [4.69, 9.17) is 4.74 Å². The Bertz CT molecular complexity index is 400. The van der Waals surface area contributed by atoms with E-state index in [9.17, 15) is 0 Å². The van der Waals surface area contributed by atoms with Gasteiger partial charge in [0.15, 0.2) is 0 Å². The summed E-state index contributed by atoms with van der Waals surface area (Å²) in [5.74, 6) is 2.03. The second kappa shape index (κ2) is 6.36. The monoisotopic (exact) mass is 313 g/mol. The van der Waals surface area contributed by atoms with Crippen molar-refractivity contribution in [2.24, 2.45) is 5.92 Å². The Hall–Kier alpha value is -0.840. The molecule has 1 N–H and O–H groups in total. The summed E-state index contributed by atoms with van der Waals surface area (Å²) in [6, 6.07) is 0. The van der Waals surface area contributed by atoms with E-state index in [1.165, 1.54) is 12.8 Å². The Morgan fingerprint density at radius 3 is 3.06 bits per heavy atom. The number of halogens is 1. The van der Waals surface area contributed by atoms with Gasteiger partial charge in [-0.3, -0.25) is 0 Å². The summed E-state index contributed by atoms with van der Waals surface area (Å²) in [4.78, 5) is 8.58. The average molecular weight is 314 g/mol. The molecule has 5 heteroatoms. The highest BCUT2D eigenvalue weighted by atomic mass is 79.9. The summed E-state index contributed by atoms with van der Waals surface area (Å²) in [5.41, 5.74) is 0. The van der Waals surface area contributed by atoms with Gasteiger partial charge >= 0.3 is 0 Å². The van der Waals surface area contributed by atoms with Crippen LogP contribution in [0.2, 0.25) is 0 Å². The van der Waals surface area contributed by atoms with Gasteiger partial charge in [0.05, 0.1) is 10.7 Å². The molecule has 1 aliphatic carbocycles. The van der Waals surface area contributed by atoms with Crippen molar-refractivity contribution in [2.45, 2.75) is 45.6 Å². The van der Waals surface area contributed by atoms with Gasteiger partial charge in [0.25, 0.3) is 0 Å². The minimum absolute atomic E-state index is 0.287. The molecule has 1 aliphatic rings. The van der Waals surface area contributed by atoms with E-state index in [2.05, 4.69) is 38.1 Å². The van der Waals surface area contributed by atoms with E-state index in [1.54, 1.807) is 6.20 Å². The number of nitrogens with zero attached hydrogens (tertiary/aromatic N) is 2. The van der Waals surface area contributed by atoms with Crippen molar-refractivity contribution in [3.8, 4) is 5.88 Å². The quantitative estimate of drug-likeness (QED) is 0.922. The van der Waals surface area contributed by atoms with Gasteiger partial charge in [0, 0.05) is 6.54 Å². The molecule has 2 atom stereocenters. The van der Waals surface area contributed by atoms with Crippen LogP contribution < -0.4 is 10.1 Å². The summed E-state index contributed by atoms with van der Waals surface area (Å²) in [6.07, 6.45) is 6.83. The topological polar surface area (TPSA) is 47.0 Å². The number of nitrogens with one attached hydrogen (secondary N) is 1. The van der Waals surface area contributed by atoms with Gasteiger partial charge in [-0.15, -0.1) is 0 Å². The van der Waals surface area contributed by atoms with Crippen molar-refractivity contribution in [3.05, 3.63) is 10.7 Å². The van der Waals surface area contributed by atoms with Gasteiger partial charge in [-0.05, 0) is 48.0 Å². The van der Waals surface area contributed by atoms with Crippen LogP contribution in [0.4, 0.5) is 5.95 Å². The first-order valence-corrected chi connectivity index (χ1v) is 7.41. The van der Waals surface area contributed by atoms with Crippen molar-refractivity contribution in [1.82, 2.24) is 9.97 Å². The van der Waals surface area contributed by atoms with E-state index >= 15 is 0 Å². The molecular formula is C13H20BrN3O. The lowest BCUT2D eigenvalue weighted by Crippen LogP contribution is -2.24. The maximum absolute atomic E-state index is 6.01. The van der Waals surface area contributed by atoms with Crippen LogP contribution in [0.5, 0.6) is 5.88 Å². The fourth-order valence-electron chi connectivity index (χ4n) is 2.32. The second-order valence-corrected chi connectivity index (χ2v) is 5.74. The van der Waals surface area contributed by atoms with Crippen molar-refractivity contribution in [2.75, 3.05) is 11.9 Å². The molecule has 2 rings (SSSR count). The van der Waals surface area contributed by atoms with E-state index in [-0.39, 0.29) is 6.10 Å². The first-order chi connectivity index (χ1) is 8.69. The van der Waals surface area contributed by atoms with Gasteiger partial charge in [-0.1, -0.05) is 13.3 Å². The highest BCUT2D eigenvalue weighted by molar-refractivity contribution is 9.10. The van der Waals surface area contributed by atoms with Crippen LogP contribution in [0.1, 0.15) is 39.5 Å². The van der Waals surface area contributed by atoms with E-state index in [0.29, 0.717) is 11.8 Å². The first kappa shape index (κ1) is 13.6. The third kappa shape index (κ3) is 3.57. The van der Waals surface area contributed by atoms with Gasteiger partial charge in [0.2, 0.25) is 11.8 Å². The number of anilines is 1. The summed E-state index contributed by atoms with van der Waals surface area (Å²) in [5, 5.41) is 3.10. The molecular weight excluding hydrogens is 294 g/mol. The minimum Gasteiger partial charge on any atom is -0.473 e. The highest BCUT2D eigenvalue weighted by Crippen LogP contribution is 2.30. The number of ether oxygens (including phenoxy) is 1. The summed E-state index contributed by atoms with van der Waals surface area (Å²) >= 11 is 3.45. The zero-order valence-electron chi connectivity index (χ0n) is 10.9. The summed E-state index contributed by atoms with van der Waals surface area (Å²) in [7, 11) is 0. The first-order valence-electron chi connectivity index (χ1n) is 6.62. The molecule has 1 saturated carbocycles. The maximum Gasteiger partial charge on any atom is 0.233 e. The summed E-state index contributed by atoms with van der Waals surface area (Å²) < 4.78 is 6.83. The Morgan fingerprint density at radius 2 is 2.33 bits per heavy atom. The van der Waals surface area contributed by atoms with Crippen LogP contribution in [-0.4, -0.2) is 22.6 Å². The zero-order valence-corrected chi connectivity index (χ0v) is 12.5. The van der Waals surface area contributed by atoms with Gasteiger partial charge < -0.3 is 10.1 Å². The normalized spacial score (nSPS) is 23.7. The lowest BCUT2D eigenvalue weighted by molar-refractivity contribution is 0.123. The Labute approximate surface area is 117 Å². The van der Waals surface area contributed by atoms with Crippen LogP contribution in [-0.2, 0) is 0 Å². The van der Waals surface area contributed by atoms with Crippen LogP contribution in [0.25, 0.3) is 0 Å². The summed E-state index contributed by atoms with van der Waals surface area (Å²) in [6.45, 7) is 5.12. The average Bonchev–Trinajstić information content (AvgIpc) is 2.34. The van der Waals surface area contributed by atoms with E-state index in [1.807, 2.05) is 6.92 Å². The molecule has 1 aromatic heterocycles. The Morgan fingerprint density at radius 1 is 1.50 bits per heavy atom. The lowest BCUT2D eigenvalue weighted by atomic mass is 9.89. The van der Waals surface area contributed by atoms with Crippen molar-refractivity contribution in [3.63, 3.8) is 0 Å². The van der Waals surface area contributed by atoms with E-state index in [0.717, 1.165) is 29.8 Å². The number of hydrogen-bond donors (Lipinski definition) is 1. The molecule has 1 aromatic rings. The third-order valence-electron chi connectivity index (χ3n) is 3.21. The minimum atomic E-state index is 0.287. The predicted octanol–water partition coefficient (Wildman–Crippen LogP) is 3.63. The number of aromatic nitrogens is 2. The van der Waals surface area contributed by atoms with Crippen LogP contribution in [0.15, 0.2) is 10.7 Å². The fourth-order valence-corrected chi connectivity index (χ4v) is 2.61. The second-order valence-electron chi connectivity index (χ2n) is 4.89. The lowest BCUT2D eigenvalue weighted by Gasteiger charge is -2.27. The van der Waals surface area contributed by atoms with Crippen molar-refractivity contribution >= 4 is 21.9 Å². The Kier molecular flexibility index (Phi) is 4.80. The molecule has 0 amide bonds. The molecule has 0 saturated heterocycles. The molecule has 18 heavy (non-hydrogen) atoms. The van der Waals surface area contributed by atoms with Gasteiger partial charge in [0.1, 0.15) is 6.10 Å². The SMILES string of the molecule is CCNc1ncc(Br)c(OC2CCCC(C)C2)n1. The van der Waals surface area contributed by atoms with Crippen LogP contribution in [0.3, 0.4) is 0 Å².